The number of aromatic nitrogens is 1. The van der Waals surface area contributed by atoms with Gasteiger partial charge in [-0.2, -0.15) is 13.2 Å². The number of alkyl halides is 4. The highest BCUT2D eigenvalue weighted by molar-refractivity contribution is 7.91. The Balaban J connectivity index is 1.57. The van der Waals surface area contributed by atoms with Crippen molar-refractivity contribution in [2.75, 3.05) is 32.2 Å². The van der Waals surface area contributed by atoms with Crippen LogP contribution in [0.15, 0.2) is 53.4 Å². The van der Waals surface area contributed by atoms with E-state index in [4.69, 9.17) is 4.74 Å². The zero-order valence-electron chi connectivity index (χ0n) is 21.7. The first-order chi connectivity index (χ1) is 19.0. The van der Waals surface area contributed by atoms with E-state index in [1.54, 1.807) is 22.8 Å². The minimum absolute atomic E-state index is 0.0583. The molecular weight excluding hydrogens is 554 g/mol. The molecule has 1 amide bonds. The van der Waals surface area contributed by atoms with Gasteiger partial charge in [-0.25, -0.2) is 12.8 Å². The van der Waals surface area contributed by atoms with Crippen molar-refractivity contribution in [3.8, 4) is 0 Å². The first-order valence-corrected chi connectivity index (χ1v) is 14.5. The van der Waals surface area contributed by atoms with Gasteiger partial charge in [-0.3, -0.25) is 4.79 Å². The zero-order chi connectivity index (χ0) is 29.1. The number of sulfone groups is 1. The molecular formula is C27H31F4N3O5S. The number of nitrogens with zero attached hydrogens (tertiary/aromatic N) is 1. The Bertz CT molecular complexity index is 1440. The number of rotatable bonds is 10. The standard InChI is InChI=1S/C27H31F4N3O5S/c1-2-40(37,38)21-6-3-17(4-7-21)22(16-35)33-26(36)18-5-8-23-19(13-18)14-20(34(23)11-9-28)15-24-25(27(29,30)31)32-10-12-39-24/h3-8,13-14,22,24-25,32,35H,2,9-12,15-16H2,1H3,(H,33,36)/t22-,24?,25?/m0/s1. The monoisotopic (exact) mass is 585 g/mol. The van der Waals surface area contributed by atoms with Gasteiger partial charge in [-0.1, -0.05) is 19.1 Å². The molecule has 1 aromatic heterocycles. The number of halogens is 4. The molecule has 0 radical (unpaired) electrons. The number of fused-ring (bicyclic) bond motifs is 1. The average molecular weight is 586 g/mol. The third-order valence-corrected chi connectivity index (χ3v) is 8.75. The normalized spacial score (nSPS) is 19.1. The highest BCUT2D eigenvalue weighted by atomic mass is 32.2. The molecule has 3 atom stereocenters. The van der Waals surface area contributed by atoms with Crippen LogP contribution in [-0.2, 0) is 27.5 Å². The number of aryl methyl sites for hydroxylation is 1. The van der Waals surface area contributed by atoms with Crippen molar-refractivity contribution in [3.63, 3.8) is 0 Å². The number of carbonyl (C=O) groups is 1. The average Bonchev–Trinajstić information content (AvgIpc) is 3.27. The summed E-state index contributed by atoms with van der Waals surface area (Å²) in [4.78, 5) is 13.2. The number of aliphatic hydroxyl groups excluding tert-OH is 1. The Morgan fingerprint density at radius 2 is 1.93 bits per heavy atom. The summed E-state index contributed by atoms with van der Waals surface area (Å²) >= 11 is 0. The molecule has 2 heterocycles. The minimum Gasteiger partial charge on any atom is -0.394 e. The van der Waals surface area contributed by atoms with Gasteiger partial charge < -0.3 is 25.0 Å². The summed E-state index contributed by atoms with van der Waals surface area (Å²) < 4.78 is 85.1. The second-order valence-electron chi connectivity index (χ2n) is 9.52. The Labute approximate surface area is 229 Å². The van der Waals surface area contributed by atoms with Gasteiger partial charge in [0.25, 0.3) is 5.91 Å². The molecule has 1 fully saturated rings. The number of morpholine rings is 1. The van der Waals surface area contributed by atoms with E-state index in [1.165, 1.54) is 37.3 Å². The smallest absolute Gasteiger partial charge is 0.394 e. The van der Waals surface area contributed by atoms with E-state index in [9.17, 15) is 35.9 Å². The van der Waals surface area contributed by atoms with Crippen LogP contribution >= 0.6 is 0 Å². The van der Waals surface area contributed by atoms with E-state index in [2.05, 4.69) is 10.6 Å². The summed E-state index contributed by atoms with van der Waals surface area (Å²) in [5.41, 5.74) is 1.74. The van der Waals surface area contributed by atoms with Crippen LogP contribution in [0, 0.1) is 0 Å². The number of ether oxygens (including phenoxy) is 1. The molecule has 1 saturated heterocycles. The molecule has 1 aliphatic rings. The molecule has 218 valence electrons. The van der Waals surface area contributed by atoms with Crippen LogP contribution in [0.25, 0.3) is 10.9 Å². The van der Waals surface area contributed by atoms with Crippen molar-refractivity contribution >= 4 is 26.6 Å². The van der Waals surface area contributed by atoms with E-state index in [1.807, 2.05) is 0 Å². The SMILES string of the molecule is CCS(=O)(=O)c1ccc([C@H](CO)NC(=O)c2ccc3c(c2)cc(CC2OCCNC2C(F)(F)F)n3CCF)cc1. The minimum atomic E-state index is -4.51. The van der Waals surface area contributed by atoms with E-state index < -0.39 is 53.4 Å². The summed E-state index contributed by atoms with van der Waals surface area (Å²) in [5, 5.41) is 15.6. The maximum absolute atomic E-state index is 13.5. The third kappa shape index (κ3) is 6.48. The first kappa shape index (κ1) is 30.0. The van der Waals surface area contributed by atoms with Gasteiger partial charge in [0.05, 0.1) is 42.6 Å². The Morgan fingerprint density at radius 1 is 1.20 bits per heavy atom. The van der Waals surface area contributed by atoms with E-state index >= 15 is 0 Å². The summed E-state index contributed by atoms with van der Waals surface area (Å²) in [6.07, 6.45) is -5.81. The Hall–Kier alpha value is -3.00. The summed E-state index contributed by atoms with van der Waals surface area (Å²) in [7, 11) is -3.40. The molecule has 0 bridgehead atoms. The summed E-state index contributed by atoms with van der Waals surface area (Å²) in [6.45, 7) is 0.476. The van der Waals surface area contributed by atoms with Crippen LogP contribution in [0.2, 0.25) is 0 Å². The Morgan fingerprint density at radius 3 is 2.55 bits per heavy atom. The predicted octanol–water partition coefficient (Wildman–Crippen LogP) is 3.33. The summed E-state index contributed by atoms with van der Waals surface area (Å²) in [6, 6.07) is 9.49. The molecule has 2 unspecified atom stereocenters. The van der Waals surface area contributed by atoms with Crippen LogP contribution in [0.1, 0.15) is 34.6 Å². The number of carbonyl (C=O) groups excluding carboxylic acids is 1. The van der Waals surface area contributed by atoms with Crippen LogP contribution in [0.4, 0.5) is 17.6 Å². The molecule has 0 spiro atoms. The number of hydrogen-bond acceptors (Lipinski definition) is 6. The second kappa shape index (κ2) is 12.2. The number of hydrogen-bond donors (Lipinski definition) is 3. The molecule has 1 aliphatic heterocycles. The fourth-order valence-electron chi connectivity index (χ4n) is 4.90. The molecule has 4 rings (SSSR count). The third-order valence-electron chi connectivity index (χ3n) is 7.00. The first-order valence-electron chi connectivity index (χ1n) is 12.8. The van der Waals surface area contributed by atoms with Crippen molar-refractivity contribution in [3.05, 3.63) is 65.4 Å². The number of aliphatic hydroxyl groups is 1. The molecule has 2 aromatic carbocycles. The van der Waals surface area contributed by atoms with Crippen LogP contribution in [0.3, 0.4) is 0 Å². The highest BCUT2D eigenvalue weighted by Gasteiger charge is 2.46. The molecule has 3 N–H and O–H groups in total. The highest BCUT2D eigenvalue weighted by Crippen LogP contribution is 2.30. The van der Waals surface area contributed by atoms with E-state index in [0.717, 1.165) is 0 Å². The van der Waals surface area contributed by atoms with Gasteiger partial charge in [-0.05, 0) is 42.0 Å². The molecule has 0 aliphatic carbocycles. The second-order valence-corrected chi connectivity index (χ2v) is 11.8. The van der Waals surface area contributed by atoms with Crippen molar-refractivity contribution in [2.45, 2.75) is 49.1 Å². The topological polar surface area (TPSA) is 110 Å². The largest absolute Gasteiger partial charge is 0.406 e. The molecule has 40 heavy (non-hydrogen) atoms. The van der Waals surface area contributed by atoms with E-state index in [0.29, 0.717) is 22.2 Å². The van der Waals surface area contributed by atoms with Crippen molar-refractivity contribution in [1.29, 1.82) is 0 Å². The maximum Gasteiger partial charge on any atom is 0.406 e. The fourth-order valence-corrected chi connectivity index (χ4v) is 5.78. The zero-order valence-corrected chi connectivity index (χ0v) is 22.6. The van der Waals surface area contributed by atoms with Gasteiger partial charge in [0.1, 0.15) is 12.7 Å². The quantitative estimate of drug-likeness (QED) is 0.315. The number of nitrogens with one attached hydrogen (secondary N) is 2. The molecule has 0 saturated carbocycles. The summed E-state index contributed by atoms with van der Waals surface area (Å²) in [5.74, 6) is -0.583. The van der Waals surface area contributed by atoms with Crippen molar-refractivity contribution < 1.29 is 40.6 Å². The van der Waals surface area contributed by atoms with E-state index in [-0.39, 0.29) is 42.3 Å². The predicted molar refractivity (Wildman–Crippen MR) is 141 cm³/mol. The number of benzene rings is 2. The van der Waals surface area contributed by atoms with Crippen LogP contribution < -0.4 is 10.6 Å². The Kier molecular flexibility index (Phi) is 9.18. The fraction of sp³-hybridized carbons (Fsp3) is 0.444. The molecule has 3 aromatic rings. The lowest BCUT2D eigenvalue weighted by Gasteiger charge is -2.34. The molecule has 8 nitrogen and oxygen atoms in total. The lowest BCUT2D eigenvalue weighted by molar-refractivity contribution is -0.195. The lowest BCUT2D eigenvalue weighted by atomic mass is 10.0. The van der Waals surface area contributed by atoms with Gasteiger partial charge in [0, 0.05) is 35.1 Å². The van der Waals surface area contributed by atoms with Gasteiger partial charge >= 0.3 is 6.18 Å². The molecule has 13 heteroatoms. The van der Waals surface area contributed by atoms with Crippen molar-refractivity contribution in [1.82, 2.24) is 15.2 Å². The van der Waals surface area contributed by atoms with Gasteiger partial charge in [0.15, 0.2) is 9.84 Å². The van der Waals surface area contributed by atoms with Crippen LogP contribution in [0.5, 0.6) is 0 Å². The number of amides is 1. The lowest BCUT2D eigenvalue weighted by Crippen LogP contribution is -2.57. The maximum atomic E-state index is 13.5. The van der Waals surface area contributed by atoms with Gasteiger partial charge in [-0.15, -0.1) is 0 Å². The van der Waals surface area contributed by atoms with Crippen molar-refractivity contribution in [2.24, 2.45) is 0 Å². The van der Waals surface area contributed by atoms with Crippen LogP contribution in [-0.4, -0.2) is 74.5 Å². The van der Waals surface area contributed by atoms with Gasteiger partial charge in [0.2, 0.25) is 0 Å².